The van der Waals surface area contributed by atoms with Crippen LogP contribution in [0, 0.1) is 0 Å². The number of fused-ring (bicyclic) bond motifs is 1. The Labute approximate surface area is 102 Å². The highest BCUT2D eigenvalue weighted by molar-refractivity contribution is 5.58. The number of aromatic amines is 1. The smallest absolute Gasteiger partial charge is 0.276 e. The zero-order chi connectivity index (χ0) is 12.7. The molecule has 0 aliphatic heterocycles. The summed E-state index contributed by atoms with van der Waals surface area (Å²) >= 11 is 0. The van der Waals surface area contributed by atoms with Crippen molar-refractivity contribution in [2.45, 2.75) is 19.9 Å². The Hall–Kier alpha value is -2.44. The van der Waals surface area contributed by atoms with Gasteiger partial charge in [0.2, 0.25) is 5.78 Å². The van der Waals surface area contributed by atoms with Crippen LogP contribution in [-0.2, 0) is 0 Å². The minimum atomic E-state index is -0.214. The number of H-pyrrole nitrogens is 1. The maximum atomic E-state index is 11.8. The van der Waals surface area contributed by atoms with Gasteiger partial charge < -0.3 is 4.98 Å². The number of hydrogen-bond donors (Lipinski definition) is 1. The van der Waals surface area contributed by atoms with E-state index in [-0.39, 0.29) is 11.6 Å². The highest BCUT2D eigenvalue weighted by atomic mass is 16.1. The number of hydrogen-bond acceptors (Lipinski definition) is 4. The molecule has 0 fully saturated rings. The average molecular weight is 244 g/mol. The van der Waals surface area contributed by atoms with E-state index in [4.69, 9.17) is 0 Å². The van der Waals surface area contributed by atoms with E-state index in [1.54, 1.807) is 6.20 Å². The summed E-state index contributed by atoms with van der Waals surface area (Å²) in [6.45, 7) is 4.09. The van der Waals surface area contributed by atoms with Crippen LogP contribution in [0.2, 0.25) is 0 Å². The Morgan fingerprint density at radius 2 is 2.17 bits per heavy atom. The standard InChI is InChI=1S/C11H12N6O/c1-7(2)16-5-8(4-13-16)9-3-10(18)17-11(15-9)12-6-14-17/h3-7H,1-2H3,(H,12,14,15). The maximum absolute atomic E-state index is 11.8. The Morgan fingerprint density at radius 1 is 1.33 bits per heavy atom. The van der Waals surface area contributed by atoms with Gasteiger partial charge in [-0.25, -0.2) is 0 Å². The average Bonchev–Trinajstić information content (AvgIpc) is 2.97. The van der Waals surface area contributed by atoms with E-state index >= 15 is 0 Å². The van der Waals surface area contributed by atoms with Crippen LogP contribution in [0.4, 0.5) is 0 Å². The summed E-state index contributed by atoms with van der Waals surface area (Å²) in [7, 11) is 0. The monoisotopic (exact) mass is 244 g/mol. The summed E-state index contributed by atoms with van der Waals surface area (Å²) in [4.78, 5) is 18.8. The van der Waals surface area contributed by atoms with Crippen LogP contribution in [-0.4, -0.2) is 29.4 Å². The van der Waals surface area contributed by atoms with E-state index in [1.165, 1.54) is 16.9 Å². The SMILES string of the molecule is CC(C)n1cc(-c2cc(=O)n3ncnc3[nH]2)cn1. The van der Waals surface area contributed by atoms with Gasteiger partial charge in [-0.15, -0.1) is 0 Å². The lowest BCUT2D eigenvalue weighted by atomic mass is 10.2. The fraction of sp³-hybridized carbons (Fsp3) is 0.273. The normalized spacial score (nSPS) is 11.5. The van der Waals surface area contributed by atoms with Gasteiger partial charge in [0.25, 0.3) is 5.56 Å². The van der Waals surface area contributed by atoms with Crippen LogP contribution in [0.1, 0.15) is 19.9 Å². The van der Waals surface area contributed by atoms with Crippen LogP contribution in [0.3, 0.4) is 0 Å². The lowest BCUT2D eigenvalue weighted by Gasteiger charge is -2.03. The van der Waals surface area contributed by atoms with E-state index in [0.29, 0.717) is 11.5 Å². The summed E-state index contributed by atoms with van der Waals surface area (Å²) in [6.07, 6.45) is 4.95. The highest BCUT2D eigenvalue weighted by Crippen LogP contribution is 2.16. The molecule has 0 saturated heterocycles. The first-order chi connectivity index (χ1) is 8.65. The molecule has 0 bridgehead atoms. The fourth-order valence-corrected chi connectivity index (χ4v) is 1.74. The Balaban J connectivity index is 2.15. The lowest BCUT2D eigenvalue weighted by Crippen LogP contribution is -2.14. The molecule has 7 nitrogen and oxygen atoms in total. The molecule has 3 aromatic heterocycles. The molecular weight excluding hydrogens is 232 g/mol. The van der Waals surface area contributed by atoms with Gasteiger partial charge in [0, 0.05) is 23.9 Å². The second-order valence-corrected chi connectivity index (χ2v) is 4.32. The van der Waals surface area contributed by atoms with Crippen molar-refractivity contribution in [3.63, 3.8) is 0 Å². The van der Waals surface area contributed by atoms with Gasteiger partial charge in [0.1, 0.15) is 6.33 Å². The number of nitrogens with one attached hydrogen (secondary N) is 1. The van der Waals surface area contributed by atoms with Gasteiger partial charge in [-0.05, 0) is 13.8 Å². The summed E-state index contributed by atoms with van der Waals surface area (Å²) in [6, 6.07) is 1.77. The first kappa shape index (κ1) is 10.7. The molecule has 3 rings (SSSR count). The summed E-state index contributed by atoms with van der Waals surface area (Å²) in [5, 5.41) is 8.07. The van der Waals surface area contributed by atoms with E-state index < -0.39 is 0 Å². The third-order valence-corrected chi connectivity index (χ3v) is 2.71. The van der Waals surface area contributed by atoms with E-state index in [1.807, 2.05) is 24.7 Å². The molecule has 0 atom stereocenters. The van der Waals surface area contributed by atoms with E-state index in [0.717, 1.165) is 5.56 Å². The van der Waals surface area contributed by atoms with E-state index in [9.17, 15) is 4.79 Å². The second-order valence-electron chi connectivity index (χ2n) is 4.32. The second kappa shape index (κ2) is 3.80. The van der Waals surface area contributed by atoms with E-state index in [2.05, 4.69) is 20.2 Å². The maximum Gasteiger partial charge on any atom is 0.276 e. The zero-order valence-electron chi connectivity index (χ0n) is 10.0. The topological polar surface area (TPSA) is 80.9 Å². The third kappa shape index (κ3) is 1.60. The van der Waals surface area contributed by atoms with Crippen LogP contribution >= 0.6 is 0 Å². The van der Waals surface area contributed by atoms with Crippen LogP contribution in [0.25, 0.3) is 17.0 Å². The van der Waals surface area contributed by atoms with Crippen molar-refractivity contribution in [2.24, 2.45) is 0 Å². The molecule has 0 radical (unpaired) electrons. The van der Waals surface area contributed by atoms with Crippen molar-refractivity contribution in [3.8, 4) is 11.3 Å². The van der Waals surface area contributed by atoms with Crippen molar-refractivity contribution in [2.75, 3.05) is 0 Å². The molecule has 3 aromatic rings. The molecule has 0 aliphatic carbocycles. The third-order valence-electron chi connectivity index (χ3n) is 2.71. The fourth-order valence-electron chi connectivity index (χ4n) is 1.74. The molecular formula is C11H12N6O. The first-order valence-electron chi connectivity index (χ1n) is 5.63. The summed E-state index contributed by atoms with van der Waals surface area (Å²) in [5.41, 5.74) is 1.33. The van der Waals surface area contributed by atoms with Crippen LogP contribution in [0.15, 0.2) is 29.6 Å². The van der Waals surface area contributed by atoms with Gasteiger partial charge in [-0.3, -0.25) is 9.48 Å². The molecule has 0 saturated carbocycles. The quantitative estimate of drug-likeness (QED) is 0.725. The van der Waals surface area contributed by atoms with Crippen LogP contribution < -0.4 is 5.56 Å². The van der Waals surface area contributed by atoms with Crippen LogP contribution in [0.5, 0.6) is 0 Å². The Bertz CT molecular complexity index is 750. The van der Waals surface area contributed by atoms with Crippen molar-refractivity contribution in [1.29, 1.82) is 0 Å². The Kier molecular flexibility index (Phi) is 2.26. The molecule has 0 aromatic carbocycles. The van der Waals surface area contributed by atoms with Crippen molar-refractivity contribution >= 4 is 5.78 Å². The number of rotatable bonds is 2. The van der Waals surface area contributed by atoms with Gasteiger partial charge in [0.15, 0.2) is 0 Å². The zero-order valence-corrected chi connectivity index (χ0v) is 10.0. The van der Waals surface area contributed by atoms with Crippen molar-refractivity contribution in [1.82, 2.24) is 29.4 Å². The largest absolute Gasteiger partial charge is 0.323 e. The molecule has 7 heteroatoms. The minimum Gasteiger partial charge on any atom is -0.323 e. The first-order valence-corrected chi connectivity index (χ1v) is 5.63. The summed E-state index contributed by atoms with van der Waals surface area (Å²) < 4.78 is 3.05. The Morgan fingerprint density at radius 3 is 2.89 bits per heavy atom. The highest BCUT2D eigenvalue weighted by Gasteiger charge is 2.08. The lowest BCUT2D eigenvalue weighted by molar-refractivity contribution is 0.532. The molecule has 0 unspecified atom stereocenters. The van der Waals surface area contributed by atoms with Gasteiger partial charge in [-0.1, -0.05) is 0 Å². The van der Waals surface area contributed by atoms with Crippen molar-refractivity contribution < 1.29 is 0 Å². The summed E-state index contributed by atoms with van der Waals surface area (Å²) in [5.74, 6) is 0.426. The molecule has 18 heavy (non-hydrogen) atoms. The van der Waals surface area contributed by atoms with Gasteiger partial charge >= 0.3 is 0 Å². The predicted octanol–water partition coefficient (Wildman–Crippen LogP) is 0.862. The van der Waals surface area contributed by atoms with Gasteiger partial charge in [0.05, 0.1) is 11.9 Å². The number of aromatic nitrogens is 6. The molecule has 0 spiro atoms. The van der Waals surface area contributed by atoms with Crippen molar-refractivity contribution in [3.05, 3.63) is 35.1 Å². The molecule has 0 amide bonds. The molecule has 3 heterocycles. The molecule has 1 N–H and O–H groups in total. The minimum absolute atomic E-state index is 0.214. The molecule has 92 valence electrons. The predicted molar refractivity (Wildman–Crippen MR) is 65.2 cm³/mol. The number of nitrogens with zero attached hydrogens (tertiary/aromatic N) is 5. The molecule has 0 aliphatic rings. The van der Waals surface area contributed by atoms with Gasteiger partial charge in [-0.2, -0.15) is 19.7 Å².